The number of hydrogen-bond acceptors (Lipinski definition) is 2. The smallest absolute Gasteiger partial charge is 0.355 e. The van der Waals surface area contributed by atoms with E-state index >= 15 is 0 Å². The Labute approximate surface area is 74.7 Å². The zero-order chi connectivity index (χ0) is 10.3. The molecule has 0 saturated carbocycles. The van der Waals surface area contributed by atoms with Crippen molar-refractivity contribution in [3.63, 3.8) is 0 Å². The number of amides is 1. The molecule has 0 bridgehead atoms. The highest BCUT2D eigenvalue weighted by atomic mass is 19.4. The lowest BCUT2D eigenvalue weighted by atomic mass is 10.3. The first-order valence-corrected chi connectivity index (χ1v) is 3.94. The molecule has 0 saturated heterocycles. The van der Waals surface area contributed by atoms with Gasteiger partial charge in [0.2, 0.25) is 5.91 Å². The summed E-state index contributed by atoms with van der Waals surface area (Å²) in [6.07, 6.45) is -5.80. The number of carbonyl (C=O) groups is 1. The molecule has 0 spiro atoms. The largest absolute Gasteiger partial charge is 0.389 e. The Bertz CT molecular complexity index is 158. The second kappa shape index (κ2) is 5.80. The first-order chi connectivity index (χ1) is 5.95. The number of alkyl halides is 3. The zero-order valence-electron chi connectivity index (χ0n) is 7.37. The van der Waals surface area contributed by atoms with Crippen molar-refractivity contribution in [1.29, 1.82) is 0 Å². The lowest BCUT2D eigenvalue weighted by Gasteiger charge is -2.06. The molecule has 0 aromatic rings. The van der Waals surface area contributed by atoms with Gasteiger partial charge in [-0.3, -0.25) is 4.79 Å². The van der Waals surface area contributed by atoms with Gasteiger partial charge in [-0.1, -0.05) is 0 Å². The maximum atomic E-state index is 11.6. The minimum absolute atomic E-state index is 0.354. The molecular weight excluding hydrogens is 185 g/mol. The number of halogens is 3. The predicted octanol–water partition coefficient (Wildman–Crippen LogP) is 0.664. The number of nitrogens with one attached hydrogen (secondary N) is 2. The van der Waals surface area contributed by atoms with E-state index in [0.29, 0.717) is 13.1 Å². The highest BCUT2D eigenvalue weighted by Crippen LogP contribution is 2.20. The summed E-state index contributed by atoms with van der Waals surface area (Å²) in [5, 5.41) is 5.11. The van der Waals surface area contributed by atoms with Crippen molar-refractivity contribution in [2.45, 2.75) is 19.0 Å². The normalized spacial score (nSPS) is 11.4. The molecule has 78 valence electrons. The highest BCUT2D eigenvalue weighted by molar-refractivity contribution is 5.75. The molecule has 0 aliphatic carbocycles. The van der Waals surface area contributed by atoms with Gasteiger partial charge >= 0.3 is 6.18 Å². The Morgan fingerprint density at radius 1 is 1.31 bits per heavy atom. The molecule has 0 unspecified atom stereocenters. The molecular formula is C7H13F3N2O. The van der Waals surface area contributed by atoms with E-state index in [9.17, 15) is 18.0 Å². The Morgan fingerprint density at radius 2 is 1.92 bits per heavy atom. The summed E-state index contributed by atoms with van der Waals surface area (Å²) >= 11 is 0. The second-order valence-corrected chi connectivity index (χ2v) is 2.57. The summed E-state index contributed by atoms with van der Waals surface area (Å²) in [5.74, 6) is -0.562. The van der Waals surface area contributed by atoms with E-state index in [2.05, 4.69) is 10.6 Å². The van der Waals surface area contributed by atoms with Gasteiger partial charge in [0.25, 0.3) is 0 Å². The molecule has 13 heavy (non-hydrogen) atoms. The summed E-state index contributed by atoms with van der Waals surface area (Å²) in [5.41, 5.74) is 0. The van der Waals surface area contributed by atoms with Gasteiger partial charge in [0, 0.05) is 19.5 Å². The SMILES string of the molecule is CNCCNC(=O)CCC(F)(F)F. The molecule has 0 heterocycles. The lowest BCUT2D eigenvalue weighted by Crippen LogP contribution is -2.31. The van der Waals surface area contributed by atoms with Crippen LogP contribution in [-0.4, -0.2) is 32.2 Å². The van der Waals surface area contributed by atoms with Gasteiger partial charge in [-0.25, -0.2) is 0 Å². The number of rotatable bonds is 5. The van der Waals surface area contributed by atoms with Crippen molar-refractivity contribution in [1.82, 2.24) is 10.6 Å². The fourth-order valence-corrected chi connectivity index (χ4v) is 0.671. The van der Waals surface area contributed by atoms with Crippen LogP contribution in [0.3, 0.4) is 0 Å². The molecule has 0 aromatic heterocycles. The van der Waals surface area contributed by atoms with Crippen molar-refractivity contribution in [3.05, 3.63) is 0 Å². The van der Waals surface area contributed by atoms with Crippen molar-refractivity contribution >= 4 is 5.91 Å². The van der Waals surface area contributed by atoms with E-state index in [1.165, 1.54) is 0 Å². The third kappa shape index (κ3) is 9.13. The standard InChI is InChI=1S/C7H13F3N2O/c1-11-4-5-12-6(13)2-3-7(8,9)10/h11H,2-5H2,1H3,(H,12,13). The van der Waals surface area contributed by atoms with Crippen molar-refractivity contribution in [3.8, 4) is 0 Å². The summed E-state index contributed by atoms with van der Waals surface area (Å²) in [4.78, 5) is 10.7. The van der Waals surface area contributed by atoms with Gasteiger partial charge in [0.05, 0.1) is 6.42 Å². The van der Waals surface area contributed by atoms with E-state index in [4.69, 9.17) is 0 Å². The minimum atomic E-state index is -4.25. The molecule has 1 amide bonds. The molecule has 0 atom stereocenters. The molecule has 0 rings (SSSR count). The van der Waals surface area contributed by atoms with Crippen LogP contribution in [0.5, 0.6) is 0 Å². The Morgan fingerprint density at radius 3 is 2.38 bits per heavy atom. The van der Waals surface area contributed by atoms with Crippen LogP contribution < -0.4 is 10.6 Å². The van der Waals surface area contributed by atoms with E-state index in [0.717, 1.165) is 0 Å². The third-order valence-electron chi connectivity index (χ3n) is 1.33. The molecule has 0 aliphatic heterocycles. The van der Waals surface area contributed by atoms with Crippen molar-refractivity contribution in [2.24, 2.45) is 0 Å². The van der Waals surface area contributed by atoms with Crippen LogP contribution in [0.25, 0.3) is 0 Å². The van der Waals surface area contributed by atoms with Crippen LogP contribution in [-0.2, 0) is 4.79 Å². The Balaban J connectivity index is 3.41. The summed E-state index contributed by atoms with van der Waals surface area (Å²) in [7, 11) is 1.70. The van der Waals surface area contributed by atoms with Crippen LogP contribution in [0.1, 0.15) is 12.8 Å². The zero-order valence-corrected chi connectivity index (χ0v) is 7.37. The molecule has 6 heteroatoms. The quantitative estimate of drug-likeness (QED) is 0.637. The minimum Gasteiger partial charge on any atom is -0.355 e. The fourth-order valence-electron chi connectivity index (χ4n) is 0.671. The molecule has 0 fully saturated rings. The maximum absolute atomic E-state index is 11.6. The maximum Gasteiger partial charge on any atom is 0.389 e. The van der Waals surface area contributed by atoms with E-state index in [1.807, 2.05) is 0 Å². The van der Waals surface area contributed by atoms with E-state index < -0.39 is 24.9 Å². The molecule has 2 N–H and O–H groups in total. The molecule has 3 nitrogen and oxygen atoms in total. The van der Waals surface area contributed by atoms with E-state index in [-0.39, 0.29) is 0 Å². The number of hydrogen-bond donors (Lipinski definition) is 2. The fraction of sp³-hybridized carbons (Fsp3) is 0.857. The number of likely N-dealkylation sites (N-methyl/N-ethyl adjacent to an activating group) is 1. The molecule has 0 radical (unpaired) electrons. The van der Waals surface area contributed by atoms with Crippen LogP contribution in [0.15, 0.2) is 0 Å². The van der Waals surface area contributed by atoms with Crippen LogP contribution >= 0.6 is 0 Å². The van der Waals surface area contributed by atoms with Gasteiger partial charge in [-0.2, -0.15) is 13.2 Å². The highest BCUT2D eigenvalue weighted by Gasteiger charge is 2.27. The van der Waals surface area contributed by atoms with Gasteiger partial charge < -0.3 is 10.6 Å². The number of carbonyl (C=O) groups excluding carboxylic acids is 1. The first-order valence-electron chi connectivity index (χ1n) is 3.94. The van der Waals surface area contributed by atoms with Crippen LogP contribution in [0.4, 0.5) is 13.2 Å². The molecule has 0 aliphatic rings. The van der Waals surface area contributed by atoms with Crippen LogP contribution in [0.2, 0.25) is 0 Å². The predicted molar refractivity (Wildman–Crippen MR) is 42.2 cm³/mol. The first kappa shape index (κ1) is 12.2. The Hall–Kier alpha value is -0.780. The summed E-state index contributed by atoms with van der Waals surface area (Å²) < 4.78 is 34.8. The van der Waals surface area contributed by atoms with Crippen LogP contribution in [0, 0.1) is 0 Å². The van der Waals surface area contributed by atoms with E-state index in [1.54, 1.807) is 7.05 Å². The van der Waals surface area contributed by atoms with Gasteiger partial charge in [-0.05, 0) is 7.05 Å². The van der Waals surface area contributed by atoms with Crippen molar-refractivity contribution < 1.29 is 18.0 Å². The topological polar surface area (TPSA) is 41.1 Å². The monoisotopic (exact) mass is 198 g/mol. The van der Waals surface area contributed by atoms with Gasteiger partial charge in [0.15, 0.2) is 0 Å². The summed E-state index contributed by atoms with van der Waals surface area (Å²) in [6.45, 7) is 0.908. The average molecular weight is 198 g/mol. The van der Waals surface area contributed by atoms with Crippen molar-refractivity contribution in [2.75, 3.05) is 20.1 Å². The van der Waals surface area contributed by atoms with Gasteiger partial charge in [0.1, 0.15) is 0 Å². The Kier molecular flexibility index (Phi) is 5.45. The lowest BCUT2D eigenvalue weighted by molar-refractivity contribution is -0.144. The average Bonchev–Trinajstić information content (AvgIpc) is 2.00. The second-order valence-electron chi connectivity index (χ2n) is 2.57. The third-order valence-corrected chi connectivity index (χ3v) is 1.33. The molecule has 0 aromatic carbocycles. The summed E-state index contributed by atoms with van der Waals surface area (Å²) in [6, 6.07) is 0. The van der Waals surface area contributed by atoms with Gasteiger partial charge in [-0.15, -0.1) is 0 Å².